The van der Waals surface area contributed by atoms with Gasteiger partial charge in [0.15, 0.2) is 11.5 Å². The smallest absolute Gasteiger partial charge is 0.231 e. The second kappa shape index (κ2) is 7.11. The van der Waals surface area contributed by atoms with E-state index < -0.39 is 0 Å². The van der Waals surface area contributed by atoms with E-state index >= 15 is 0 Å². The van der Waals surface area contributed by atoms with E-state index in [2.05, 4.69) is 6.92 Å². The quantitative estimate of drug-likeness (QED) is 0.850. The molecule has 2 amide bonds. The van der Waals surface area contributed by atoms with Gasteiger partial charge in [0, 0.05) is 44.7 Å². The van der Waals surface area contributed by atoms with Crippen LogP contribution < -0.4 is 14.4 Å². The van der Waals surface area contributed by atoms with E-state index in [1.165, 1.54) is 13.3 Å². The van der Waals surface area contributed by atoms with Crippen LogP contribution >= 0.6 is 0 Å². The molecule has 2 aliphatic rings. The number of amides is 2. The number of benzene rings is 1. The topological polar surface area (TPSA) is 59.1 Å². The third kappa shape index (κ3) is 3.63. The minimum Gasteiger partial charge on any atom is -0.454 e. The summed E-state index contributed by atoms with van der Waals surface area (Å²) in [6.07, 6.45) is 2.58. The van der Waals surface area contributed by atoms with Gasteiger partial charge in [-0.3, -0.25) is 9.59 Å². The minimum absolute atomic E-state index is 0.0892. The molecule has 2 heterocycles. The largest absolute Gasteiger partial charge is 0.454 e. The van der Waals surface area contributed by atoms with Crippen LogP contribution in [0.25, 0.3) is 0 Å². The van der Waals surface area contributed by atoms with Gasteiger partial charge in [0.05, 0.1) is 0 Å². The van der Waals surface area contributed by atoms with E-state index in [9.17, 15) is 9.59 Å². The molecular formula is C18H24N2O4. The first-order valence-corrected chi connectivity index (χ1v) is 8.50. The summed E-state index contributed by atoms with van der Waals surface area (Å²) in [5, 5.41) is 0. The molecule has 0 spiro atoms. The Balaban J connectivity index is 1.64. The van der Waals surface area contributed by atoms with Crippen molar-refractivity contribution >= 4 is 17.5 Å². The van der Waals surface area contributed by atoms with Crippen LogP contribution in [0.1, 0.15) is 33.1 Å². The summed E-state index contributed by atoms with van der Waals surface area (Å²) in [7, 11) is 0. The van der Waals surface area contributed by atoms with Gasteiger partial charge >= 0.3 is 0 Å². The van der Waals surface area contributed by atoms with Crippen LogP contribution in [0, 0.1) is 5.92 Å². The summed E-state index contributed by atoms with van der Waals surface area (Å²) in [6.45, 7) is 5.91. The van der Waals surface area contributed by atoms with Crippen molar-refractivity contribution in [3.05, 3.63) is 18.2 Å². The van der Waals surface area contributed by atoms with Crippen molar-refractivity contribution in [3.63, 3.8) is 0 Å². The Morgan fingerprint density at radius 3 is 2.83 bits per heavy atom. The van der Waals surface area contributed by atoms with Crippen LogP contribution in [0.15, 0.2) is 18.2 Å². The Morgan fingerprint density at radius 2 is 2.08 bits per heavy atom. The minimum atomic E-state index is -0.0892. The summed E-state index contributed by atoms with van der Waals surface area (Å²) in [5.74, 6) is 1.90. The number of piperidine rings is 1. The number of ether oxygens (including phenoxy) is 2. The van der Waals surface area contributed by atoms with Crippen LogP contribution in [-0.4, -0.2) is 43.1 Å². The number of fused-ring (bicyclic) bond motifs is 1. The van der Waals surface area contributed by atoms with Gasteiger partial charge in [-0.2, -0.15) is 0 Å². The van der Waals surface area contributed by atoms with E-state index in [1.807, 2.05) is 11.0 Å². The molecule has 0 bridgehead atoms. The predicted molar refractivity (Wildman–Crippen MR) is 90.2 cm³/mol. The standard InChI is InChI=1S/C18H24N2O4/c1-13-4-3-8-19(11-13)18(22)7-9-20(14(2)21)15-5-6-16-17(10-15)24-12-23-16/h5-6,10,13H,3-4,7-9,11-12H2,1-2H3. The molecule has 24 heavy (non-hydrogen) atoms. The predicted octanol–water partition coefficient (Wildman–Crippen LogP) is 2.42. The van der Waals surface area contributed by atoms with Crippen LogP contribution in [0.2, 0.25) is 0 Å². The zero-order valence-electron chi connectivity index (χ0n) is 14.3. The lowest BCUT2D eigenvalue weighted by Crippen LogP contribution is -2.41. The number of hydrogen-bond acceptors (Lipinski definition) is 4. The lowest BCUT2D eigenvalue weighted by atomic mass is 10.00. The van der Waals surface area contributed by atoms with E-state index in [0.717, 1.165) is 25.2 Å². The van der Waals surface area contributed by atoms with Gasteiger partial charge < -0.3 is 19.3 Å². The number of nitrogens with zero attached hydrogens (tertiary/aromatic N) is 2. The molecule has 130 valence electrons. The molecule has 2 aliphatic heterocycles. The molecular weight excluding hydrogens is 308 g/mol. The van der Waals surface area contributed by atoms with Crippen molar-refractivity contribution < 1.29 is 19.1 Å². The van der Waals surface area contributed by atoms with Crippen molar-refractivity contribution in [2.24, 2.45) is 5.92 Å². The van der Waals surface area contributed by atoms with E-state index in [1.54, 1.807) is 17.0 Å². The number of carbonyl (C=O) groups excluding carboxylic acids is 2. The molecule has 1 atom stereocenters. The Labute approximate surface area is 142 Å². The molecule has 0 N–H and O–H groups in total. The fraction of sp³-hybridized carbons (Fsp3) is 0.556. The van der Waals surface area contributed by atoms with E-state index in [0.29, 0.717) is 30.4 Å². The maximum absolute atomic E-state index is 12.4. The van der Waals surface area contributed by atoms with Crippen LogP contribution in [0.3, 0.4) is 0 Å². The molecule has 1 fully saturated rings. The first-order valence-electron chi connectivity index (χ1n) is 8.50. The highest BCUT2D eigenvalue weighted by atomic mass is 16.7. The number of anilines is 1. The first-order chi connectivity index (χ1) is 11.5. The van der Waals surface area contributed by atoms with Crippen molar-refractivity contribution in [1.82, 2.24) is 4.90 Å². The summed E-state index contributed by atoms with van der Waals surface area (Å²) in [5.41, 5.74) is 0.728. The Bertz CT molecular complexity index is 631. The fourth-order valence-corrected chi connectivity index (χ4v) is 3.30. The number of carbonyl (C=O) groups is 2. The van der Waals surface area contributed by atoms with Gasteiger partial charge in [0.1, 0.15) is 0 Å². The molecule has 3 rings (SSSR count). The highest BCUT2D eigenvalue weighted by molar-refractivity contribution is 5.92. The van der Waals surface area contributed by atoms with Gasteiger partial charge in [-0.1, -0.05) is 6.92 Å². The van der Waals surface area contributed by atoms with Crippen molar-refractivity contribution in [1.29, 1.82) is 0 Å². The number of likely N-dealkylation sites (tertiary alicyclic amines) is 1. The molecule has 1 aromatic carbocycles. The maximum Gasteiger partial charge on any atom is 0.231 e. The molecule has 0 aromatic heterocycles. The average molecular weight is 332 g/mol. The van der Waals surface area contributed by atoms with Crippen LogP contribution in [0.5, 0.6) is 11.5 Å². The zero-order chi connectivity index (χ0) is 17.1. The summed E-state index contributed by atoms with van der Waals surface area (Å²) in [4.78, 5) is 28.0. The van der Waals surface area contributed by atoms with Gasteiger partial charge in [0.2, 0.25) is 18.6 Å². The monoisotopic (exact) mass is 332 g/mol. The second-order valence-corrected chi connectivity index (χ2v) is 6.55. The molecule has 1 saturated heterocycles. The van der Waals surface area contributed by atoms with Crippen molar-refractivity contribution in [2.75, 3.05) is 31.3 Å². The average Bonchev–Trinajstić information content (AvgIpc) is 3.02. The first kappa shape index (κ1) is 16.6. The molecule has 1 aromatic rings. The second-order valence-electron chi connectivity index (χ2n) is 6.55. The van der Waals surface area contributed by atoms with Crippen LogP contribution in [-0.2, 0) is 9.59 Å². The molecule has 0 saturated carbocycles. The highest BCUT2D eigenvalue weighted by Gasteiger charge is 2.23. The maximum atomic E-state index is 12.4. The van der Waals surface area contributed by atoms with E-state index in [4.69, 9.17) is 9.47 Å². The third-order valence-corrected chi connectivity index (χ3v) is 4.61. The van der Waals surface area contributed by atoms with Gasteiger partial charge in [0.25, 0.3) is 0 Å². The number of hydrogen-bond donors (Lipinski definition) is 0. The summed E-state index contributed by atoms with van der Waals surface area (Å²) < 4.78 is 10.7. The summed E-state index contributed by atoms with van der Waals surface area (Å²) in [6, 6.07) is 5.40. The van der Waals surface area contributed by atoms with E-state index in [-0.39, 0.29) is 18.6 Å². The fourth-order valence-electron chi connectivity index (χ4n) is 3.30. The van der Waals surface area contributed by atoms with Crippen molar-refractivity contribution in [2.45, 2.75) is 33.1 Å². The molecule has 1 unspecified atom stereocenters. The third-order valence-electron chi connectivity index (χ3n) is 4.61. The SMILES string of the molecule is CC(=O)N(CCC(=O)N1CCCC(C)C1)c1ccc2c(c1)OCO2. The molecule has 6 heteroatoms. The van der Waals surface area contributed by atoms with Gasteiger partial charge in [-0.15, -0.1) is 0 Å². The summed E-state index contributed by atoms with van der Waals surface area (Å²) >= 11 is 0. The highest BCUT2D eigenvalue weighted by Crippen LogP contribution is 2.35. The van der Waals surface area contributed by atoms with Crippen LogP contribution in [0.4, 0.5) is 5.69 Å². The zero-order valence-corrected chi connectivity index (χ0v) is 14.3. The lowest BCUT2D eigenvalue weighted by molar-refractivity contribution is -0.132. The van der Waals surface area contributed by atoms with Gasteiger partial charge in [-0.25, -0.2) is 0 Å². The van der Waals surface area contributed by atoms with Crippen molar-refractivity contribution in [3.8, 4) is 11.5 Å². The molecule has 0 aliphatic carbocycles. The molecule has 6 nitrogen and oxygen atoms in total. The van der Waals surface area contributed by atoms with Gasteiger partial charge in [-0.05, 0) is 30.9 Å². The normalized spacial score (nSPS) is 19.2. The Kier molecular flexibility index (Phi) is 4.92. The molecule has 0 radical (unpaired) electrons. The lowest BCUT2D eigenvalue weighted by Gasteiger charge is -2.31. The Morgan fingerprint density at radius 1 is 1.29 bits per heavy atom. The Hall–Kier alpha value is -2.24. The number of rotatable bonds is 4.